The van der Waals surface area contributed by atoms with E-state index in [4.69, 9.17) is 4.74 Å². The number of nitrogens with zero attached hydrogens (tertiary/aromatic N) is 1. The number of amides is 1. The van der Waals surface area contributed by atoms with Crippen LogP contribution in [0.4, 0.5) is 0 Å². The number of aromatic nitrogens is 1. The first kappa shape index (κ1) is 15.7. The van der Waals surface area contributed by atoms with Gasteiger partial charge in [-0.1, -0.05) is 30.3 Å². The third kappa shape index (κ3) is 4.39. The number of carbonyl (C=O) groups is 1. The maximum atomic E-state index is 12.4. The van der Waals surface area contributed by atoms with Crippen LogP contribution < -0.4 is 5.32 Å². The molecule has 3 rings (SSSR count). The summed E-state index contributed by atoms with van der Waals surface area (Å²) < 4.78 is 5.59. The van der Waals surface area contributed by atoms with E-state index in [1.807, 2.05) is 42.5 Å². The van der Waals surface area contributed by atoms with Crippen molar-refractivity contribution in [3.63, 3.8) is 0 Å². The van der Waals surface area contributed by atoms with Crippen LogP contribution in [0.1, 0.15) is 42.9 Å². The lowest BCUT2D eigenvalue weighted by Gasteiger charge is -2.20. The number of benzene rings is 1. The molecule has 0 spiro atoms. The van der Waals surface area contributed by atoms with Gasteiger partial charge in [0.25, 0.3) is 0 Å². The zero-order valence-corrected chi connectivity index (χ0v) is 13.2. The molecular formula is C19H22N2O2. The van der Waals surface area contributed by atoms with Gasteiger partial charge in [-0.3, -0.25) is 9.78 Å². The molecule has 1 saturated heterocycles. The van der Waals surface area contributed by atoms with Gasteiger partial charge in [-0.25, -0.2) is 0 Å². The topological polar surface area (TPSA) is 51.2 Å². The quantitative estimate of drug-likeness (QED) is 0.891. The second kappa shape index (κ2) is 7.88. The molecule has 2 aromatic rings. The fraction of sp³-hybridized carbons (Fsp3) is 0.368. The fourth-order valence-corrected chi connectivity index (χ4v) is 2.96. The van der Waals surface area contributed by atoms with Crippen LogP contribution in [-0.4, -0.2) is 23.6 Å². The van der Waals surface area contributed by atoms with E-state index in [1.165, 1.54) is 0 Å². The summed E-state index contributed by atoms with van der Waals surface area (Å²) in [6.45, 7) is 0.829. The highest BCUT2D eigenvalue weighted by atomic mass is 16.5. The van der Waals surface area contributed by atoms with Gasteiger partial charge in [0, 0.05) is 25.4 Å². The highest BCUT2D eigenvalue weighted by Crippen LogP contribution is 2.22. The van der Waals surface area contributed by atoms with E-state index in [0.29, 0.717) is 6.42 Å². The molecule has 1 aliphatic rings. The maximum Gasteiger partial charge on any atom is 0.220 e. The van der Waals surface area contributed by atoms with Crippen LogP contribution in [0.25, 0.3) is 0 Å². The number of pyridine rings is 1. The van der Waals surface area contributed by atoms with E-state index < -0.39 is 0 Å². The van der Waals surface area contributed by atoms with Crippen molar-refractivity contribution < 1.29 is 9.53 Å². The normalized spacial score (nSPS) is 18.5. The predicted molar refractivity (Wildman–Crippen MR) is 88.9 cm³/mol. The van der Waals surface area contributed by atoms with Crippen molar-refractivity contribution in [3.05, 3.63) is 66.0 Å². The average molecular weight is 310 g/mol. The summed E-state index contributed by atoms with van der Waals surface area (Å²) >= 11 is 0. The fourth-order valence-electron chi connectivity index (χ4n) is 2.96. The van der Waals surface area contributed by atoms with Crippen molar-refractivity contribution in [1.29, 1.82) is 0 Å². The van der Waals surface area contributed by atoms with Crippen molar-refractivity contribution in [2.75, 3.05) is 6.61 Å². The Morgan fingerprint density at radius 1 is 1.17 bits per heavy atom. The van der Waals surface area contributed by atoms with E-state index in [0.717, 1.165) is 37.0 Å². The Morgan fingerprint density at radius 2 is 1.91 bits per heavy atom. The summed E-state index contributed by atoms with van der Waals surface area (Å²) in [6.07, 6.45) is 7.23. The Kier molecular flexibility index (Phi) is 5.37. The monoisotopic (exact) mass is 310 g/mol. The van der Waals surface area contributed by atoms with Crippen LogP contribution in [0.2, 0.25) is 0 Å². The molecule has 1 N–H and O–H groups in total. The van der Waals surface area contributed by atoms with Crippen LogP contribution in [0.5, 0.6) is 0 Å². The largest absolute Gasteiger partial charge is 0.378 e. The molecule has 1 fully saturated rings. The molecule has 1 aromatic heterocycles. The molecule has 1 aromatic carbocycles. The number of hydrogen-bond donors (Lipinski definition) is 1. The summed E-state index contributed by atoms with van der Waals surface area (Å²) in [7, 11) is 0. The summed E-state index contributed by atoms with van der Waals surface area (Å²) in [5.74, 6) is 0.0613. The maximum absolute atomic E-state index is 12.4. The molecule has 4 heteroatoms. The Hall–Kier alpha value is -2.20. The number of nitrogens with one attached hydrogen (secondary N) is 1. The molecule has 0 aliphatic carbocycles. The number of hydrogen-bond acceptors (Lipinski definition) is 3. The second-order valence-electron chi connectivity index (χ2n) is 5.87. The van der Waals surface area contributed by atoms with Gasteiger partial charge < -0.3 is 10.1 Å². The lowest BCUT2D eigenvalue weighted by molar-refractivity contribution is -0.122. The molecule has 1 unspecified atom stereocenters. The molecule has 23 heavy (non-hydrogen) atoms. The van der Waals surface area contributed by atoms with Crippen molar-refractivity contribution >= 4 is 5.91 Å². The Bertz CT molecular complexity index is 570. The molecule has 120 valence electrons. The molecule has 2 atom stereocenters. The van der Waals surface area contributed by atoms with Crippen molar-refractivity contribution in [3.8, 4) is 0 Å². The molecule has 0 saturated carbocycles. The summed E-state index contributed by atoms with van der Waals surface area (Å²) in [6, 6.07) is 13.8. The van der Waals surface area contributed by atoms with Crippen molar-refractivity contribution in [2.45, 2.75) is 37.8 Å². The zero-order chi connectivity index (χ0) is 15.9. The number of rotatable bonds is 6. The first-order chi connectivity index (χ1) is 11.3. The molecule has 1 aliphatic heterocycles. The van der Waals surface area contributed by atoms with Gasteiger partial charge in [0.05, 0.1) is 12.1 Å². The van der Waals surface area contributed by atoms with E-state index >= 15 is 0 Å². The molecule has 1 amide bonds. The first-order valence-electron chi connectivity index (χ1n) is 8.19. The van der Waals surface area contributed by atoms with Gasteiger partial charge in [0.2, 0.25) is 5.91 Å². The van der Waals surface area contributed by atoms with E-state index in [1.54, 1.807) is 12.4 Å². The van der Waals surface area contributed by atoms with Gasteiger partial charge in [-0.05, 0) is 42.5 Å². The predicted octanol–water partition coefficient (Wildman–Crippen LogP) is 3.25. The van der Waals surface area contributed by atoms with E-state index in [9.17, 15) is 4.79 Å². The zero-order valence-electron chi connectivity index (χ0n) is 13.2. The first-order valence-corrected chi connectivity index (χ1v) is 8.19. The van der Waals surface area contributed by atoms with Crippen LogP contribution in [0.15, 0.2) is 54.9 Å². The highest BCUT2D eigenvalue weighted by Gasteiger charge is 2.20. The SMILES string of the molecule is O=C(CC[C@@H]1CCCO1)NC(c1ccccc1)c1ccncc1. The van der Waals surface area contributed by atoms with Gasteiger partial charge in [0.15, 0.2) is 0 Å². The smallest absolute Gasteiger partial charge is 0.220 e. The lowest BCUT2D eigenvalue weighted by atomic mass is 9.99. The van der Waals surface area contributed by atoms with Crippen LogP contribution >= 0.6 is 0 Å². The molecular weight excluding hydrogens is 288 g/mol. The number of carbonyl (C=O) groups excluding carboxylic acids is 1. The van der Waals surface area contributed by atoms with Gasteiger partial charge >= 0.3 is 0 Å². The summed E-state index contributed by atoms with van der Waals surface area (Å²) in [5, 5.41) is 3.15. The minimum atomic E-state index is -0.142. The van der Waals surface area contributed by atoms with Crippen molar-refractivity contribution in [1.82, 2.24) is 10.3 Å². The van der Waals surface area contributed by atoms with Gasteiger partial charge in [-0.2, -0.15) is 0 Å². The minimum absolute atomic E-state index is 0.0613. The Balaban J connectivity index is 1.67. The van der Waals surface area contributed by atoms with Gasteiger partial charge in [0.1, 0.15) is 0 Å². The molecule has 4 nitrogen and oxygen atoms in total. The Morgan fingerprint density at radius 3 is 2.61 bits per heavy atom. The molecule has 0 bridgehead atoms. The summed E-state index contributed by atoms with van der Waals surface area (Å²) in [5.41, 5.74) is 2.11. The van der Waals surface area contributed by atoms with E-state index in [-0.39, 0.29) is 18.1 Å². The molecule has 2 heterocycles. The standard InChI is InChI=1S/C19H22N2O2/c22-18(9-8-17-7-4-14-23-17)21-19(15-5-2-1-3-6-15)16-10-12-20-13-11-16/h1-3,5-6,10-13,17,19H,4,7-9,14H2,(H,21,22)/t17-,19?/m0/s1. The van der Waals surface area contributed by atoms with Gasteiger partial charge in [-0.15, -0.1) is 0 Å². The second-order valence-corrected chi connectivity index (χ2v) is 5.87. The third-order valence-electron chi connectivity index (χ3n) is 4.20. The van der Waals surface area contributed by atoms with E-state index in [2.05, 4.69) is 10.3 Å². The molecule has 0 radical (unpaired) electrons. The number of ether oxygens (including phenoxy) is 1. The highest BCUT2D eigenvalue weighted by molar-refractivity contribution is 5.77. The van der Waals surface area contributed by atoms with Crippen LogP contribution in [0, 0.1) is 0 Å². The van der Waals surface area contributed by atoms with Crippen LogP contribution in [-0.2, 0) is 9.53 Å². The Labute approximate surface area is 136 Å². The van der Waals surface area contributed by atoms with Crippen molar-refractivity contribution in [2.24, 2.45) is 0 Å². The minimum Gasteiger partial charge on any atom is -0.378 e. The average Bonchev–Trinajstić information content (AvgIpc) is 3.13. The summed E-state index contributed by atoms with van der Waals surface area (Å²) in [4.78, 5) is 16.4. The van der Waals surface area contributed by atoms with Crippen LogP contribution in [0.3, 0.4) is 0 Å². The lowest BCUT2D eigenvalue weighted by Crippen LogP contribution is -2.29. The third-order valence-corrected chi connectivity index (χ3v) is 4.20.